The fraction of sp³-hybridized carbons (Fsp3) is 0.143. The Balaban J connectivity index is 1.97. The van der Waals surface area contributed by atoms with E-state index >= 15 is 0 Å². The average Bonchev–Trinajstić information content (AvgIpc) is 2.78. The second-order valence-corrected chi connectivity index (χ2v) is 8.31. The van der Waals surface area contributed by atoms with E-state index in [4.69, 9.17) is 4.84 Å². The van der Waals surface area contributed by atoms with Crippen molar-refractivity contribution in [3.05, 3.63) is 103 Å². The zero-order valence-corrected chi connectivity index (χ0v) is 17.7. The first-order chi connectivity index (χ1) is 14.5. The van der Waals surface area contributed by atoms with Crippen LogP contribution >= 0.6 is 0 Å². The Labute approximate surface area is 179 Å². The minimum absolute atomic E-state index is 0.375. The van der Waals surface area contributed by atoms with Crippen LogP contribution in [0.2, 0.25) is 0 Å². The molecule has 0 aromatic heterocycles. The van der Waals surface area contributed by atoms with E-state index in [0.717, 1.165) is 33.5 Å². The molecule has 4 aromatic carbocycles. The van der Waals surface area contributed by atoms with Gasteiger partial charge < -0.3 is 0 Å². The Morgan fingerprint density at radius 3 is 1.33 bits per heavy atom. The zero-order valence-electron chi connectivity index (χ0n) is 17.7. The van der Waals surface area contributed by atoms with Crippen LogP contribution in [0.15, 0.2) is 103 Å². The van der Waals surface area contributed by atoms with E-state index in [2.05, 4.69) is 90.4 Å². The normalized spacial score (nSPS) is 11.3. The van der Waals surface area contributed by atoms with Crippen LogP contribution in [-0.4, -0.2) is 5.60 Å². The molecular formula is C28H26NO. The second-order valence-electron chi connectivity index (χ2n) is 8.31. The zero-order chi connectivity index (χ0) is 21.0. The third kappa shape index (κ3) is 4.61. The van der Waals surface area contributed by atoms with Gasteiger partial charge in [-0.2, -0.15) is 0 Å². The van der Waals surface area contributed by atoms with E-state index in [1.807, 2.05) is 39.0 Å². The number of benzene rings is 4. The molecule has 0 aliphatic carbocycles. The SMILES string of the molecule is CC(C)(C)O[N]c1c(-c2ccccc2)cc(-c2ccccc2)cc1-c1ccccc1. The molecule has 0 fully saturated rings. The molecule has 30 heavy (non-hydrogen) atoms. The molecule has 0 bridgehead atoms. The standard InChI is InChI=1S/C28H26NO/c1-28(2,3)30-29-27-25(22-15-9-5-10-16-22)19-24(21-13-7-4-8-14-21)20-26(27)23-17-11-6-12-18-23/h4-20H,1-3H3. The van der Waals surface area contributed by atoms with Gasteiger partial charge in [0.2, 0.25) is 0 Å². The van der Waals surface area contributed by atoms with E-state index in [1.165, 1.54) is 5.56 Å². The number of rotatable bonds is 5. The maximum atomic E-state index is 5.91. The molecule has 0 saturated heterocycles. The summed E-state index contributed by atoms with van der Waals surface area (Å²) in [6.07, 6.45) is 0. The van der Waals surface area contributed by atoms with E-state index in [0.29, 0.717) is 0 Å². The fourth-order valence-corrected chi connectivity index (χ4v) is 3.39. The molecule has 4 rings (SSSR count). The molecule has 149 valence electrons. The van der Waals surface area contributed by atoms with Gasteiger partial charge in [-0.25, -0.2) is 4.84 Å². The summed E-state index contributed by atoms with van der Waals surface area (Å²) in [5.41, 5.74) is 11.8. The summed E-state index contributed by atoms with van der Waals surface area (Å²) in [7, 11) is 0. The summed E-state index contributed by atoms with van der Waals surface area (Å²) in [5, 5.41) is 0. The topological polar surface area (TPSA) is 23.3 Å². The molecular weight excluding hydrogens is 366 g/mol. The van der Waals surface area contributed by atoms with Crippen molar-refractivity contribution in [2.24, 2.45) is 0 Å². The highest BCUT2D eigenvalue weighted by atomic mass is 16.7. The van der Waals surface area contributed by atoms with Crippen LogP contribution in [0.25, 0.3) is 33.4 Å². The van der Waals surface area contributed by atoms with Gasteiger partial charge in [-0.1, -0.05) is 91.0 Å². The lowest BCUT2D eigenvalue weighted by Gasteiger charge is -2.22. The largest absolute Gasteiger partial charge is 0.246 e. The molecule has 0 aliphatic heterocycles. The van der Waals surface area contributed by atoms with Crippen LogP contribution in [0.4, 0.5) is 5.69 Å². The summed E-state index contributed by atoms with van der Waals surface area (Å²) >= 11 is 0. The van der Waals surface area contributed by atoms with Crippen molar-refractivity contribution in [1.82, 2.24) is 5.48 Å². The highest BCUT2D eigenvalue weighted by Crippen LogP contribution is 2.41. The number of hydrogen-bond donors (Lipinski definition) is 0. The molecule has 0 unspecified atom stereocenters. The average molecular weight is 393 g/mol. The van der Waals surface area contributed by atoms with Crippen molar-refractivity contribution in [3.63, 3.8) is 0 Å². The van der Waals surface area contributed by atoms with Crippen LogP contribution in [0, 0.1) is 0 Å². The number of nitrogens with zero attached hydrogens (tertiary/aromatic N) is 1. The van der Waals surface area contributed by atoms with Crippen molar-refractivity contribution >= 4 is 5.69 Å². The molecule has 4 aromatic rings. The minimum atomic E-state index is -0.375. The maximum absolute atomic E-state index is 5.91. The van der Waals surface area contributed by atoms with Crippen LogP contribution in [-0.2, 0) is 4.84 Å². The van der Waals surface area contributed by atoms with Crippen LogP contribution in [0.5, 0.6) is 0 Å². The van der Waals surface area contributed by atoms with Gasteiger partial charge >= 0.3 is 0 Å². The Morgan fingerprint density at radius 2 is 0.933 bits per heavy atom. The summed E-state index contributed by atoms with van der Waals surface area (Å²) in [4.78, 5) is 5.91. The third-order valence-electron chi connectivity index (χ3n) is 4.80. The maximum Gasteiger partial charge on any atom is 0.106 e. The number of hydrogen-bond acceptors (Lipinski definition) is 1. The van der Waals surface area contributed by atoms with Crippen molar-refractivity contribution in [2.75, 3.05) is 0 Å². The van der Waals surface area contributed by atoms with Gasteiger partial charge in [0.05, 0.1) is 5.60 Å². The van der Waals surface area contributed by atoms with Gasteiger partial charge in [-0.3, -0.25) is 0 Å². The Kier molecular flexibility index (Phi) is 5.69. The van der Waals surface area contributed by atoms with Gasteiger partial charge in [-0.05, 0) is 55.2 Å². The lowest BCUT2D eigenvalue weighted by molar-refractivity contribution is -0.0541. The summed E-state index contributed by atoms with van der Waals surface area (Å²) in [5.74, 6) is 0. The lowest BCUT2D eigenvalue weighted by atomic mass is 9.91. The van der Waals surface area contributed by atoms with Crippen molar-refractivity contribution in [3.8, 4) is 33.4 Å². The van der Waals surface area contributed by atoms with Crippen LogP contribution < -0.4 is 5.48 Å². The minimum Gasteiger partial charge on any atom is -0.246 e. The third-order valence-corrected chi connectivity index (χ3v) is 4.80. The Hall–Kier alpha value is -3.36. The Morgan fingerprint density at radius 1 is 0.533 bits per heavy atom. The fourth-order valence-electron chi connectivity index (χ4n) is 3.39. The lowest BCUT2D eigenvalue weighted by Crippen LogP contribution is -2.22. The molecule has 0 spiro atoms. The molecule has 0 amide bonds. The highest BCUT2D eigenvalue weighted by molar-refractivity contribution is 5.92. The Bertz CT molecular complexity index is 1040. The molecule has 0 aliphatic rings. The second kappa shape index (κ2) is 8.56. The monoisotopic (exact) mass is 392 g/mol. The van der Waals surface area contributed by atoms with Gasteiger partial charge in [-0.15, -0.1) is 5.48 Å². The summed E-state index contributed by atoms with van der Waals surface area (Å²) in [6.45, 7) is 6.04. The predicted molar refractivity (Wildman–Crippen MR) is 125 cm³/mol. The summed E-state index contributed by atoms with van der Waals surface area (Å²) < 4.78 is 0. The molecule has 0 saturated carbocycles. The van der Waals surface area contributed by atoms with E-state index < -0.39 is 0 Å². The molecule has 1 radical (unpaired) electrons. The molecule has 2 heteroatoms. The van der Waals surface area contributed by atoms with Crippen LogP contribution in [0.3, 0.4) is 0 Å². The van der Waals surface area contributed by atoms with Gasteiger partial charge in [0.25, 0.3) is 0 Å². The van der Waals surface area contributed by atoms with Crippen molar-refractivity contribution < 1.29 is 4.84 Å². The quantitative estimate of drug-likeness (QED) is 0.320. The molecule has 0 N–H and O–H groups in total. The molecule has 0 atom stereocenters. The smallest absolute Gasteiger partial charge is 0.106 e. The van der Waals surface area contributed by atoms with Gasteiger partial charge in [0, 0.05) is 11.1 Å². The van der Waals surface area contributed by atoms with Crippen molar-refractivity contribution in [2.45, 2.75) is 26.4 Å². The summed E-state index contributed by atoms with van der Waals surface area (Å²) in [6, 6.07) is 35.7. The molecule has 2 nitrogen and oxygen atoms in total. The van der Waals surface area contributed by atoms with Gasteiger partial charge in [0.15, 0.2) is 0 Å². The van der Waals surface area contributed by atoms with E-state index in [9.17, 15) is 0 Å². The van der Waals surface area contributed by atoms with E-state index in [1.54, 1.807) is 0 Å². The molecule has 0 heterocycles. The van der Waals surface area contributed by atoms with E-state index in [-0.39, 0.29) is 5.60 Å². The predicted octanol–water partition coefficient (Wildman–Crippen LogP) is 7.65. The highest BCUT2D eigenvalue weighted by Gasteiger charge is 2.20. The first kappa shape index (κ1) is 19.9. The first-order valence-corrected chi connectivity index (χ1v) is 10.2. The van der Waals surface area contributed by atoms with Crippen molar-refractivity contribution in [1.29, 1.82) is 0 Å². The van der Waals surface area contributed by atoms with Crippen LogP contribution in [0.1, 0.15) is 20.8 Å². The first-order valence-electron chi connectivity index (χ1n) is 10.2. The van der Waals surface area contributed by atoms with Gasteiger partial charge in [0.1, 0.15) is 5.69 Å².